The van der Waals surface area contributed by atoms with Gasteiger partial charge in [-0.2, -0.15) is 0 Å². The molecule has 1 aliphatic rings. The summed E-state index contributed by atoms with van der Waals surface area (Å²) in [6, 6.07) is 7.46. The van der Waals surface area contributed by atoms with Crippen molar-refractivity contribution in [1.82, 2.24) is 0 Å². The van der Waals surface area contributed by atoms with Crippen LogP contribution in [0.1, 0.15) is 84.0 Å². The molecule has 0 saturated heterocycles. The summed E-state index contributed by atoms with van der Waals surface area (Å²) in [5.41, 5.74) is 0.891. The zero-order chi connectivity index (χ0) is 30.1. The molecule has 0 saturated carbocycles. The normalized spacial score (nSPS) is 15.5. The molecule has 1 heterocycles. The average molecular weight is 571 g/mol. The second-order valence-corrected chi connectivity index (χ2v) is 9.04. The van der Waals surface area contributed by atoms with Gasteiger partial charge < -0.3 is 28.4 Å². The fraction of sp³-hybridized carbons (Fsp3) is 0.433. The number of rotatable bonds is 11. The molecule has 2 aromatic rings. The van der Waals surface area contributed by atoms with E-state index in [2.05, 4.69) is 0 Å². The minimum atomic E-state index is -0.917. The summed E-state index contributed by atoms with van der Waals surface area (Å²) in [6.07, 6.45) is -1.20. The van der Waals surface area contributed by atoms with E-state index in [4.69, 9.17) is 28.4 Å². The molecule has 11 heteroatoms. The Morgan fingerprint density at radius 3 is 1.78 bits per heavy atom. The van der Waals surface area contributed by atoms with Crippen LogP contribution in [0, 0.1) is 0 Å². The standard InChI is InChI=1S/C30H34O11/c1-6-25(31)36-18-14-21(38-27(33)8-3)19-16-24(40-29(35)10-5)30(41-22(19)15-18)17-11-12-20(37-26(32)7-2)23(13-17)39-28(34)9-4/h11-15,24,30H,6-10,16H2,1-5H3/t24-,30-/m1/s1. The Balaban J connectivity index is 2.12. The number of hydrogen-bond acceptors (Lipinski definition) is 11. The van der Waals surface area contributed by atoms with Crippen LogP contribution in [0.15, 0.2) is 30.3 Å². The lowest BCUT2D eigenvalue weighted by molar-refractivity contribution is -0.155. The Kier molecular flexibility index (Phi) is 10.8. The highest BCUT2D eigenvalue weighted by Gasteiger charge is 2.37. The highest BCUT2D eigenvalue weighted by atomic mass is 16.6. The van der Waals surface area contributed by atoms with Crippen LogP contribution in [0.5, 0.6) is 28.7 Å². The molecule has 41 heavy (non-hydrogen) atoms. The highest BCUT2D eigenvalue weighted by Crippen LogP contribution is 2.45. The molecule has 11 nitrogen and oxygen atoms in total. The molecule has 3 rings (SSSR count). The van der Waals surface area contributed by atoms with E-state index in [-0.39, 0.29) is 67.3 Å². The SMILES string of the molecule is CCC(=O)Oc1cc(OC(=O)CC)c2c(c1)O[C@H](c1ccc(OC(=O)CC)c(OC(=O)CC)c1)[C@H](OC(=O)CC)C2. The summed E-state index contributed by atoms with van der Waals surface area (Å²) >= 11 is 0. The van der Waals surface area contributed by atoms with Crippen LogP contribution in [0.3, 0.4) is 0 Å². The van der Waals surface area contributed by atoms with Gasteiger partial charge in [0.25, 0.3) is 0 Å². The maximum absolute atomic E-state index is 12.4. The molecule has 220 valence electrons. The van der Waals surface area contributed by atoms with Crippen molar-refractivity contribution in [3.05, 3.63) is 41.5 Å². The Hall–Kier alpha value is -4.41. The Morgan fingerprint density at radius 2 is 1.20 bits per heavy atom. The fourth-order valence-corrected chi connectivity index (χ4v) is 3.87. The topological polar surface area (TPSA) is 141 Å². The van der Waals surface area contributed by atoms with Gasteiger partial charge in [-0.1, -0.05) is 40.7 Å². The lowest BCUT2D eigenvalue weighted by atomic mass is 9.93. The Bertz CT molecular complexity index is 1310. The van der Waals surface area contributed by atoms with Crippen molar-refractivity contribution in [3.8, 4) is 28.7 Å². The summed E-state index contributed by atoms with van der Waals surface area (Å²) < 4.78 is 33.7. The third kappa shape index (κ3) is 8.06. The van der Waals surface area contributed by atoms with Gasteiger partial charge >= 0.3 is 29.8 Å². The van der Waals surface area contributed by atoms with E-state index < -0.39 is 42.1 Å². The molecular weight excluding hydrogens is 536 g/mol. The van der Waals surface area contributed by atoms with Crippen LogP contribution in [-0.4, -0.2) is 36.0 Å². The summed E-state index contributed by atoms with van der Waals surface area (Å²) in [5.74, 6) is -2.07. The predicted molar refractivity (Wildman–Crippen MR) is 144 cm³/mol. The molecule has 0 amide bonds. The molecule has 0 aliphatic carbocycles. The van der Waals surface area contributed by atoms with E-state index in [9.17, 15) is 24.0 Å². The second-order valence-electron chi connectivity index (χ2n) is 9.04. The van der Waals surface area contributed by atoms with Crippen molar-refractivity contribution in [2.45, 2.75) is 85.4 Å². The second kappa shape index (κ2) is 14.3. The van der Waals surface area contributed by atoms with Gasteiger partial charge in [0, 0.05) is 61.8 Å². The van der Waals surface area contributed by atoms with Crippen molar-refractivity contribution in [3.63, 3.8) is 0 Å². The number of ether oxygens (including phenoxy) is 6. The zero-order valence-electron chi connectivity index (χ0n) is 23.8. The maximum Gasteiger partial charge on any atom is 0.311 e. The van der Waals surface area contributed by atoms with Crippen LogP contribution in [0.25, 0.3) is 0 Å². The number of esters is 5. The number of carbonyl (C=O) groups is 5. The van der Waals surface area contributed by atoms with Gasteiger partial charge in [-0.25, -0.2) is 0 Å². The van der Waals surface area contributed by atoms with Gasteiger partial charge in [0.15, 0.2) is 17.6 Å². The molecule has 0 aromatic heterocycles. The number of carbonyl (C=O) groups excluding carboxylic acids is 5. The summed E-state index contributed by atoms with van der Waals surface area (Å²) in [5, 5.41) is 0. The molecule has 0 spiro atoms. The quantitative estimate of drug-likeness (QED) is 0.268. The summed E-state index contributed by atoms with van der Waals surface area (Å²) in [7, 11) is 0. The van der Waals surface area contributed by atoms with Gasteiger partial charge in [-0.05, 0) is 12.1 Å². The Morgan fingerprint density at radius 1 is 0.659 bits per heavy atom. The third-order valence-electron chi connectivity index (χ3n) is 6.06. The predicted octanol–water partition coefficient (Wildman–Crippen LogP) is 4.95. The van der Waals surface area contributed by atoms with E-state index in [1.807, 2.05) is 0 Å². The molecule has 0 fully saturated rings. The van der Waals surface area contributed by atoms with E-state index in [1.165, 1.54) is 24.3 Å². The van der Waals surface area contributed by atoms with Gasteiger partial charge in [-0.3, -0.25) is 24.0 Å². The maximum atomic E-state index is 12.4. The summed E-state index contributed by atoms with van der Waals surface area (Å²) in [6.45, 7) is 8.18. The van der Waals surface area contributed by atoms with E-state index in [0.29, 0.717) is 11.1 Å². The molecule has 0 unspecified atom stereocenters. The van der Waals surface area contributed by atoms with Crippen molar-refractivity contribution in [2.75, 3.05) is 0 Å². The van der Waals surface area contributed by atoms with Gasteiger partial charge in [0.1, 0.15) is 23.4 Å². The molecule has 1 aliphatic heterocycles. The third-order valence-corrected chi connectivity index (χ3v) is 6.06. The van der Waals surface area contributed by atoms with Crippen LogP contribution in [0.2, 0.25) is 0 Å². The lowest BCUT2D eigenvalue weighted by Gasteiger charge is -2.34. The zero-order valence-corrected chi connectivity index (χ0v) is 23.8. The first-order chi connectivity index (χ1) is 19.6. The molecule has 2 atom stereocenters. The highest BCUT2D eigenvalue weighted by molar-refractivity contribution is 5.77. The van der Waals surface area contributed by atoms with Crippen molar-refractivity contribution in [2.24, 2.45) is 0 Å². The van der Waals surface area contributed by atoms with E-state index in [0.717, 1.165) is 0 Å². The van der Waals surface area contributed by atoms with Gasteiger partial charge in [0.2, 0.25) is 0 Å². The minimum absolute atomic E-state index is 0.00527. The average Bonchev–Trinajstić information content (AvgIpc) is 2.97. The summed E-state index contributed by atoms with van der Waals surface area (Å²) in [4.78, 5) is 60.7. The Labute approximate surface area is 238 Å². The first-order valence-electron chi connectivity index (χ1n) is 13.6. The molecular formula is C30H34O11. The first-order valence-corrected chi connectivity index (χ1v) is 13.6. The van der Waals surface area contributed by atoms with Crippen LogP contribution < -0.4 is 23.7 Å². The van der Waals surface area contributed by atoms with Crippen molar-refractivity contribution in [1.29, 1.82) is 0 Å². The monoisotopic (exact) mass is 570 g/mol. The lowest BCUT2D eigenvalue weighted by Crippen LogP contribution is -2.35. The minimum Gasteiger partial charge on any atom is -0.481 e. The molecule has 0 N–H and O–H groups in total. The molecule has 0 radical (unpaired) electrons. The fourth-order valence-electron chi connectivity index (χ4n) is 3.87. The molecule has 2 aromatic carbocycles. The van der Waals surface area contributed by atoms with E-state index in [1.54, 1.807) is 40.7 Å². The van der Waals surface area contributed by atoms with Crippen LogP contribution >= 0.6 is 0 Å². The van der Waals surface area contributed by atoms with Crippen LogP contribution in [0.4, 0.5) is 0 Å². The van der Waals surface area contributed by atoms with Crippen molar-refractivity contribution >= 4 is 29.8 Å². The van der Waals surface area contributed by atoms with Gasteiger partial charge in [0.05, 0.1) is 0 Å². The smallest absolute Gasteiger partial charge is 0.311 e. The largest absolute Gasteiger partial charge is 0.481 e. The van der Waals surface area contributed by atoms with Gasteiger partial charge in [-0.15, -0.1) is 0 Å². The van der Waals surface area contributed by atoms with Crippen LogP contribution in [-0.2, 0) is 35.1 Å². The van der Waals surface area contributed by atoms with E-state index >= 15 is 0 Å². The number of hydrogen-bond donors (Lipinski definition) is 0. The number of benzene rings is 2. The number of fused-ring (bicyclic) bond motifs is 1. The molecule has 0 bridgehead atoms. The first kappa shape index (κ1) is 31.1. The van der Waals surface area contributed by atoms with Crippen molar-refractivity contribution < 1.29 is 52.4 Å².